The number of rotatable bonds is 6. The van der Waals surface area contributed by atoms with Crippen molar-refractivity contribution >= 4 is 5.97 Å². The maximum atomic E-state index is 11.2. The van der Waals surface area contributed by atoms with Crippen molar-refractivity contribution in [1.82, 2.24) is 10.2 Å². The quantitative estimate of drug-likeness (QED) is 0.745. The van der Waals surface area contributed by atoms with Gasteiger partial charge >= 0.3 is 5.97 Å². The maximum Gasteiger partial charge on any atom is 0.307 e. The molecule has 2 N–H and O–H groups in total. The Morgan fingerprint density at radius 3 is 2.50 bits per heavy atom. The van der Waals surface area contributed by atoms with Gasteiger partial charge in [-0.15, -0.1) is 0 Å². The number of carboxylic acid groups (broad SMARTS) is 1. The van der Waals surface area contributed by atoms with E-state index < -0.39 is 5.97 Å². The second kappa shape index (κ2) is 5.17. The van der Waals surface area contributed by atoms with Gasteiger partial charge in [0.15, 0.2) is 0 Å². The molecule has 18 heavy (non-hydrogen) atoms. The van der Waals surface area contributed by atoms with Crippen molar-refractivity contribution in [1.29, 1.82) is 0 Å². The van der Waals surface area contributed by atoms with Crippen molar-refractivity contribution in [2.75, 3.05) is 26.2 Å². The van der Waals surface area contributed by atoms with Crippen LogP contribution in [0.5, 0.6) is 0 Å². The van der Waals surface area contributed by atoms with Gasteiger partial charge in [0, 0.05) is 25.7 Å². The van der Waals surface area contributed by atoms with Crippen LogP contribution in [0.2, 0.25) is 0 Å². The van der Waals surface area contributed by atoms with Crippen molar-refractivity contribution in [3.05, 3.63) is 0 Å². The van der Waals surface area contributed by atoms with Crippen LogP contribution in [0.3, 0.4) is 0 Å². The van der Waals surface area contributed by atoms with Crippen LogP contribution in [-0.4, -0.2) is 48.2 Å². The Bertz CT molecular complexity index is 313. The molecule has 0 bridgehead atoms. The molecular formula is C14H24N2O2. The number of hydrogen-bond donors (Lipinski definition) is 2. The molecule has 3 rings (SSSR count). The molecule has 2 atom stereocenters. The van der Waals surface area contributed by atoms with E-state index >= 15 is 0 Å². The van der Waals surface area contributed by atoms with Crippen LogP contribution in [0.15, 0.2) is 0 Å². The summed E-state index contributed by atoms with van der Waals surface area (Å²) in [5, 5.41) is 12.8. The summed E-state index contributed by atoms with van der Waals surface area (Å²) in [5.41, 5.74) is 0. The number of carboxylic acids is 1. The van der Waals surface area contributed by atoms with Crippen LogP contribution in [0, 0.1) is 17.8 Å². The molecule has 1 aliphatic heterocycles. The summed E-state index contributed by atoms with van der Waals surface area (Å²) in [4.78, 5) is 13.6. The number of likely N-dealkylation sites (tertiary alicyclic amines) is 1. The lowest BCUT2D eigenvalue weighted by atomic mass is 9.94. The fourth-order valence-corrected chi connectivity index (χ4v) is 2.99. The van der Waals surface area contributed by atoms with E-state index in [0.29, 0.717) is 6.04 Å². The van der Waals surface area contributed by atoms with E-state index in [0.717, 1.165) is 44.4 Å². The Labute approximate surface area is 109 Å². The summed E-state index contributed by atoms with van der Waals surface area (Å²) < 4.78 is 0. The van der Waals surface area contributed by atoms with Gasteiger partial charge < -0.3 is 15.3 Å². The van der Waals surface area contributed by atoms with Gasteiger partial charge in [-0.2, -0.15) is 0 Å². The zero-order valence-electron chi connectivity index (χ0n) is 11.0. The smallest absolute Gasteiger partial charge is 0.307 e. The highest BCUT2D eigenvalue weighted by atomic mass is 16.4. The SMILES string of the molecule is O=C(O)C1CC(NCC2CC2)CN(CC2CC2)C1. The van der Waals surface area contributed by atoms with E-state index in [4.69, 9.17) is 0 Å². The number of carbonyl (C=O) groups is 1. The molecule has 3 aliphatic rings. The van der Waals surface area contributed by atoms with Gasteiger partial charge in [-0.3, -0.25) is 4.79 Å². The van der Waals surface area contributed by atoms with E-state index in [1.54, 1.807) is 0 Å². The van der Waals surface area contributed by atoms with Gasteiger partial charge in [-0.05, 0) is 50.5 Å². The molecule has 2 saturated carbocycles. The van der Waals surface area contributed by atoms with Crippen LogP contribution in [0.25, 0.3) is 0 Å². The predicted molar refractivity (Wildman–Crippen MR) is 69.4 cm³/mol. The van der Waals surface area contributed by atoms with Gasteiger partial charge in [0.2, 0.25) is 0 Å². The summed E-state index contributed by atoms with van der Waals surface area (Å²) >= 11 is 0. The molecule has 0 aromatic heterocycles. The topological polar surface area (TPSA) is 52.6 Å². The third kappa shape index (κ3) is 3.45. The second-order valence-electron chi connectivity index (χ2n) is 6.48. The summed E-state index contributed by atoms with van der Waals surface area (Å²) in [7, 11) is 0. The number of nitrogens with zero attached hydrogens (tertiary/aromatic N) is 1. The highest BCUT2D eigenvalue weighted by Gasteiger charge is 2.34. The molecule has 4 nitrogen and oxygen atoms in total. The molecule has 3 fully saturated rings. The van der Waals surface area contributed by atoms with E-state index in [-0.39, 0.29) is 5.92 Å². The molecule has 0 aromatic rings. The average Bonchev–Trinajstić information content (AvgIpc) is 3.21. The fourth-order valence-electron chi connectivity index (χ4n) is 2.99. The standard InChI is InChI=1S/C14H24N2O2/c17-14(18)12-5-13(15-6-10-1-2-10)9-16(8-12)7-11-3-4-11/h10-13,15H,1-9H2,(H,17,18). The van der Waals surface area contributed by atoms with Crippen molar-refractivity contribution in [3.63, 3.8) is 0 Å². The maximum absolute atomic E-state index is 11.2. The molecule has 1 heterocycles. The minimum atomic E-state index is -0.617. The third-order valence-corrected chi connectivity index (χ3v) is 4.48. The van der Waals surface area contributed by atoms with Crippen molar-refractivity contribution in [3.8, 4) is 0 Å². The van der Waals surface area contributed by atoms with Crippen LogP contribution in [0.1, 0.15) is 32.1 Å². The van der Waals surface area contributed by atoms with E-state index in [2.05, 4.69) is 10.2 Å². The normalized spacial score (nSPS) is 33.6. The lowest BCUT2D eigenvalue weighted by Gasteiger charge is -2.36. The summed E-state index contributed by atoms with van der Waals surface area (Å²) in [5.74, 6) is 0.927. The predicted octanol–water partition coefficient (Wildman–Crippen LogP) is 1.17. The van der Waals surface area contributed by atoms with Gasteiger partial charge in [-0.1, -0.05) is 0 Å². The zero-order chi connectivity index (χ0) is 12.5. The lowest BCUT2D eigenvalue weighted by molar-refractivity contribution is -0.144. The first-order chi connectivity index (χ1) is 8.70. The van der Waals surface area contributed by atoms with Gasteiger partial charge in [-0.25, -0.2) is 0 Å². The number of hydrogen-bond acceptors (Lipinski definition) is 3. The Morgan fingerprint density at radius 2 is 1.89 bits per heavy atom. The highest BCUT2D eigenvalue weighted by molar-refractivity contribution is 5.70. The summed E-state index contributed by atoms with van der Waals surface area (Å²) in [6, 6.07) is 0.388. The molecule has 2 aliphatic carbocycles. The Balaban J connectivity index is 1.52. The van der Waals surface area contributed by atoms with Gasteiger partial charge in [0.25, 0.3) is 0 Å². The molecule has 1 saturated heterocycles. The monoisotopic (exact) mass is 252 g/mol. The Morgan fingerprint density at radius 1 is 1.17 bits per heavy atom. The molecular weight excluding hydrogens is 228 g/mol. The van der Waals surface area contributed by atoms with E-state index in [1.807, 2.05) is 0 Å². The summed E-state index contributed by atoms with van der Waals surface area (Å²) in [6.07, 6.45) is 6.20. The van der Waals surface area contributed by atoms with Crippen molar-refractivity contribution in [2.24, 2.45) is 17.8 Å². The first-order valence-corrected chi connectivity index (χ1v) is 7.39. The number of piperidine rings is 1. The van der Waals surface area contributed by atoms with E-state index in [1.165, 1.54) is 25.7 Å². The molecule has 4 heteroatoms. The first kappa shape index (κ1) is 12.4. The van der Waals surface area contributed by atoms with Crippen LogP contribution < -0.4 is 5.32 Å². The van der Waals surface area contributed by atoms with Crippen molar-refractivity contribution < 1.29 is 9.90 Å². The largest absolute Gasteiger partial charge is 0.481 e. The molecule has 0 spiro atoms. The fraction of sp³-hybridized carbons (Fsp3) is 0.929. The number of aliphatic carboxylic acids is 1. The Kier molecular flexibility index (Phi) is 3.57. The first-order valence-electron chi connectivity index (χ1n) is 7.39. The lowest BCUT2D eigenvalue weighted by Crippen LogP contribution is -2.51. The second-order valence-corrected chi connectivity index (χ2v) is 6.48. The van der Waals surface area contributed by atoms with Gasteiger partial charge in [0.1, 0.15) is 0 Å². The minimum Gasteiger partial charge on any atom is -0.481 e. The molecule has 0 radical (unpaired) electrons. The van der Waals surface area contributed by atoms with Crippen LogP contribution in [0.4, 0.5) is 0 Å². The van der Waals surface area contributed by atoms with Gasteiger partial charge in [0.05, 0.1) is 5.92 Å². The summed E-state index contributed by atoms with van der Waals surface area (Å²) in [6.45, 7) is 4.01. The Hall–Kier alpha value is -0.610. The minimum absolute atomic E-state index is 0.172. The van der Waals surface area contributed by atoms with Crippen LogP contribution >= 0.6 is 0 Å². The molecule has 102 valence electrons. The molecule has 2 unspecified atom stereocenters. The van der Waals surface area contributed by atoms with Crippen molar-refractivity contribution in [2.45, 2.75) is 38.1 Å². The highest BCUT2D eigenvalue weighted by Crippen LogP contribution is 2.32. The molecule has 0 amide bonds. The number of nitrogens with one attached hydrogen (secondary N) is 1. The van der Waals surface area contributed by atoms with Crippen LogP contribution in [-0.2, 0) is 4.79 Å². The zero-order valence-corrected chi connectivity index (χ0v) is 11.0. The van der Waals surface area contributed by atoms with E-state index in [9.17, 15) is 9.90 Å². The molecule has 0 aromatic carbocycles. The third-order valence-electron chi connectivity index (χ3n) is 4.48. The average molecular weight is 252 g/mol.